The van der Waals surface area contributed by atoms with Crippen molar-refractivity contribution >= 4 is 23.1 Å². The molecule has 5 rings (SSSR count). The van der Waals surface area contributed by atoms with Gasteiger partial charge >= 0.3 is 0 Å². The van der Waals surface area contributed by atoms with Gasteiger partial charge in [-0.25, -0.2) is 0 Å². The monoisotopic (exact) mass is 442 g/mol. The van der Waals surface area contributed by atoms with Gasteiger partial charge in [0.05, 0.1) is 5.57 Å². The highest BCUT2D eigenvalue weighted by atomic mass is 16.2. The number of carbonyl (C=O) groups is 2. The maximum atomic E-state index is 14.1. The Morgan fingerprint density at radius 2 is 1.55 bits per heavy atom. The molecule has 2 amide bonds. The molecule has 2 aromatic rings. The van der Waals surface area contributed by atoms with E-state index in [0.717, 1.165) is 67.4 Å². The van der Waals surface area contributed by atoms with Crippen LogP contribution in [-0.4, -0.2) is 29.3 Å². The van der Waals surface area contributed by atoms with E-state index in [9.17, 15) is 9.59 Å². The third-order valence-electron chi connectivity index (χ3n) is 7.56. The number of amides is 2. The second-order valence-electron chi connectivity index (χ2n) is 9.91. The zero-order valence-corrected chi connectivity index (χ0v) is 19.9. The summed E-state index contributed by atoms with van der Waals surface area (Å²) in [4.78, 5) is 31.9. The van der Waals surface area contributed by atoms with Crippen molar-refractivity contribution in [1.82, 2.24) is 4.90 Å². The van der Waals surface area contributed by atoms with Gasteiger partial charge in [0.15, 0.2) is 0 Å². The molecule has 33 heavy (non-hydrogen) atoms. The first-order chi connectivity index (χ1) is 16.1. The number of benzene rings is 2. The average molecular weight is 443 g/mol. The molecule has 0 bridgehead atoms. The van der Waals surface area contributed by atoms with E-state index in [4.69, 9.17) is 0 Å². The number of imide groups is 1. The Balaban J connectivity index is 1.64. The minimum absolute atomic E-state index is 0.00332. The van der Waals surface area contributed by atoms with Crippen LogP contribution in [0.25, 0.3) is 5.57 Å². The molecule has 2 aromatic carbocycles. The van der Waals surface area contributed by atoms with E-state index in [0.29, 0.717) is 11.3 Å². The van der Waals surface area contributed by atoms with Gasteiger partial charge in [-0.1, -0.05) is 74.1 Å². The largest absolute Gasteiger partial charge is 0.336 e. The fourth-order valence-electron chi connectivity index (χ4n) is 5.91. The molecule has 2 heterocycles. The van der Waals surface area contributed by atoms with E-state index < -0.39 is 0 Å². The van der Waals surface area contributed by atoms with E-state index in [1.807, 2.05) is 25.1 Å². The Morgan fingerprint density at radius 1 is 0.818 bits per heavy atom. The molecule has 0 radical (unpaired) electrons. The molecule has 0 unspecified atom stereocenters. The first-order valence-corrected chi connectivity index (χ1v) is 12.6. The van der Waals surface area contributed by atoms with Gasteiger partial charge in [-0.15, -0.1) is 0 Å². The van der Waals surface area contributed by atoms with Crippen LogP contribution in [0.3, 0.4) is 0 Å². The SMILES string of the molecule is Cc1ccc(C2=C(N3CCCc4ccccc43)C(=O)N(C3CCCCCCC3)C2=O)c(C)c1. The lowest BCUT2D eigenvalue weighted by Gasteiger charge is -2.33. The van der Waals surface area contributed by atoms with Crippen LogP contribution in [0.15, 0.2) is 48.2 Å². The molecule has 0 aromatic heterocycles. The number of fused-ring (bicyclic) bond motifs is 1. The van der Waals surface area contributed by atoms with E-state index in [2.05, 4.69) is 36.1 Å². The highest BCUT2D eigenvalue weighted by Gasteiger charge is 2.45. The lowest BCUT2D eigenvalue weighted by Crippen LogP contribution is -2.43. The topological polar surface area (TPSA) is 40.6 Å². The Morgan fingerprint density at radius 3 is 2.30 bits per heavy atom. The Kier molecular flexibility index (Phi) is 6.09. The summed E-state index contributed by atoms with van der Waals surface area (Å²) in [7, 11) is 0. The maximum Gasteiger partial charge on any atom is 0.278 e. The van der Waals surface area contributed by atoms with Crippen LogP contribution >= 0.6 is 0 Å². The Bertz CT molecular complexity index is 1110. The number of nitrogens with zero attached hydrogens (tertiary/aromatic N) is 2. The molecule has 0 saturated heterocycles. The highest BCUT2D eigenvalue weighted by molar-refractivity contribution is 6.37. The molecule has 0 atom stereocenters. The summed E-state index contributed by atoms with van der Waals surface area (Å²) in [5.74, 6) is -0.201. The standard InChI is InChI=1S/C29H34N2O2/c1-20-16-17-24(21(2)19-20)26-27(30-18-10-12-22-11-8-9-15-25(22)30)29(33)31(28(26)32)23-13-6-4-3-5-7-14-23/h8-9,11,15-17,19,23H,3-7,10,12-14,18H2,1-2H3. The number of para-hydroxylation sites is 1. The summed E-state index contributed by atoms with van der Waals surface area (Å²) in [5.41, 5.74) is 6.61. The van der Waals surface area contributed by atoms with Crippen LogP contribution < -0.4 is 4.90 Å². The van der Waals surface area contributed by atoms with E-state index >= 15 is 0 Å². The molecule has 4 heteroatoms. The van der Waals surface area contributed by atoms with Crippen LogP contribution in [0.2, 0.25) is 0 Å². The molecule has 172 valence electrons. The minimum atomic E-state index is -0.101. The van der Waals surface area contributed by atoms with E-state index in [1.54, 1.807) is 4.90 Å². The zero-order chi connectivity index (χ0) is 22.9. The van der Waals surface area contributed by atoms with Crippen LogP contribution in [0.5, 0.6) is 0 Å². The van der Waals surface area contributed by atoms with Gasteiger partial charge < -0.3 is 4.90 Å². The smallest absolute Gasteiger partial charge is 0.278 e. The fourth-order valence-corrected chi connectivity index (χ4v) is 5.91. The van der Waals surface area contributed by atoms with Gasteiger partial charge in [0.25, 0.3) is 11.8 Å². The van der Waals surface area contributed by atoms with Gasteiger partial charge in [0.1, 0.15) is 5.70 Å². The summed E-state index contributed by atoms with van der Waals surface area (Å²) in [6, 6.07) is 14.5. The van der Waals surface area contributed by atoms with Crippen molar-refractivity contribution < 1.29 is 9.59 Å². The highest BCUT2D eigenvalue weighted by Crippen LogP contribution is 2.40. The molecule has 3 aliphatic rings. The summed E-state index contributed by atoms with van der Waals surface area (Å²) in [6.07, 6.45) is 9.64. The Labute approximate surface area is 197 Å². The zero-order valence-electron chi connectivity index (χ0n) is 19.9. The Hall–Kier alpha value is -2.88. The van der Waals surface area contributed by atoms with E-state index in [1.165, 1.54) is 24.8 Å². The quantitative estimate of drug-likeness (QED) is 0.552. The normalized spacial score (nSPS) is 20.2. The summed E-state index contributed by atoms with van der Waals surface area (Å²) < 4.78 is 0. The molecule has 0 spiro atoms. The molecule has 4 nitrogen and oxygen atoms in total. The summed E-state index contributed by atoms with van der Waals surface area (Å²) >= 11 is 0. The lowest BCUT2D eigenvalue weighted by molar-refractivity contribution is -0.140. The van der Waals surface area contributed by atoms with Crippen molar-refractivity contribution in [3.8, 4) is 0 Å². The first kappa shape index (κ1) is 21.9. The molecule has 2 aliphatic heterocycles. The van der Waals surface area contributed by atoms with Crippen molar-refractivity contribution in [2.75, 3.05) is 11.4 Å². The molecular formula is C29H34N2O2. The summed E-state index contributed by atoms with van der Waals surface area (Å²) in [5, 5.41) is 0. The third-order valence-corrected chi connectivity index (χ3v) is 7.56. The number of rotatable bonds is 3. The molecular weight excluding hydrogens is 408 g/mol. The fraction of sp³-hybridized carbons (Fsp3) is 0.448. The number of hydrogen-bond donors (Lipinski definition) is 0. The average Bonchev–Trinajstić information content (AvgIpc) is 3.03. The predicted octanol–water partition coefficient (Wildman–Crippen LogP) is 5.95. The van der Waals surface area contributed by atoms with Gasteiger partial charge in [-0.3, -0.25) is 14.5 Å². The van der Waals surface area contributed by atoms with Gasteiger partial charge in [-0.2, -0.15) is 0 Å². The lowest BCUT2D eigenvalue weighted by atomic mass is 9.94. The van der Waals surface area contributed by atoms with Gasteiger partial charge in [0, 0.05) is 18.3 Å². The maximum absolute atomic E-state index is 14.1. The minimum Gasteiger partial charge on any atom is -0.336 e. The third kappa shape index (κ3) is 4.01. The molecule has 1 saturated carbocycles. The molecule has 1 fully saturated rings. The molecule has 1 aliphatic carbocycles. The number of carbonyl (C=O) groups excluding carboxylic acids is 2. The summed E-state index contributed by atoms with van der Waals surface area (Å²) in [6.45, 7) is 4.88. The van der Waals surface area contributed by atoms with Crippen molar-refractivity contribution in [3.05, 3.63) is 70.4 Å². The first-order valence-electron chi connectivity index (χ1n) is 12.6. The van der Waals surface area contributed by atoms with Crippen LogP contribution in [-0.2, 0) is 16.0 Å². The van der Waals surface area contributed by atoms with E-state index in [-0.39, 0.29) is 17.9 Å². The van der Waals surface area contributed by atoms with Crippen LogP contribution in [0.1, 0.15) is 73.6 Å². The second-order valence-corrected chi connectivity index (χ2v) is 9.91. The van der Waals surface area contributed by atoms with Crippen molar-refractivity contribution in [2.24, 2.45) is 0 Å². The number of aryl methyl sites for hydroxylation is 3. The van der Waals surface area contributed by atoms with Gasteiger partial charge in [0.2, 0.25) is 0 Å². The second kappa shape index (κ2) is 9.17. The predicted molar refractivity (Wildman–Crippen MR) is 133 cm³/mol. The van der Waals surface area contributed by atoms with Crippen LogP contribution in [0.4, 0.5) is 5.69 Å². The van der Waals surface area contributed by atoms with Crippen molar-refractivity contribution in [1.29, 1.82) is 0 Å². The van der Waals surface area contributed by atoms with Crippen molar-refractivity contribution in [2.45, 2.75) is 77.7 Å². The number of hydrogen-bond acceptors (Lipinski definition) is 3. The number of anilines is 1. The van der Waals surface area contributed by atoms with Crippen LogP contribution in [0, 0.1) is 13.8 Å². The molecule has 0 N–H and O–H groups in total. The van der Waals surface area contributed by atoms with Crippen molar-refractivity contribution in [3.63, 3.8) is 0 Å². The van der Waals surface area contributed by atoms with Gasteiger partial charge in [-0.05, 0) is 62.3 Å².